The molecular formula is C43H55IrN2O3Si-. The summed E-state index contributed by atoms with van der Waals surface area (Å²) in [4.78, 5) is 21.1. The van der Waals surface area contributed by atoms with Gasteiger partial charge in [0.1, 0.15) is 23.0 Å². The predicted octanol–water partition coefficient (Wildman–Crippen LogP) is 11.4. The normalized spacial score (nSPS) is 15.3. The maximum absolute atomic E-state index is 11.7. The second-order valence-electron chi connectivity index (χ2n) is 16.2. The van der Waals surface area contributed by atoms with Crippen LogP contribution >= 0.6 is 0 Å². The molecule has 50 heavy (non-hydrogen) atoms. The molecule has 0 bridgehead atoms. The Kier molecular flexibility index (Phi) is 12.1. The van der Waals surface area contributed by atoms with Crippen molar-refractivity contribution in [1.29, 1.82) is 0 Å². The van der Waals surface area contributed by atoms with E-state index in [0.29, 0.717) is 0 Å². The van der Waals surface area contributed by atoms with E-state index in [1.54, 1.807) is 6.33 Å². The van der Waals surface area contributed by atoms with Crippen LogP contribution in [0.3, 0.4) is 0 Å². The fraction of sp³-hybridized carbons (Fsp3) is 0.465. The summed E-state index contributed by atoms with van der Waals surface area (Å²) < 4.78 is 6.71. The van der Waals surface area contributed by atoms with Gasteiger partial charge in [-0.15, -0.1) is 28.8 Å². The van der Waals surface area contributed by atoms with E-state index in [-0.39, 0.29) is 54.3 Å². The van der Waals surface area contributed by atoms with E-state index in [1.165, 1.54) is 27.8 Å². The summed E-state index contributed by atoms with van der Waals surface area (Å²) in [5, 5.41) is 14.7. The molecular weight excluding hydrogens is 813 g/mol. The van der Waals surface area contributed by atoms with Crippen LogP contribution in [0.5, 0.6) is 0 Å². The third-order valence-electron chi connectivity index (χ3n) is 10.6. The number of benzene rings is 3. The maximum atomic E-state index is 11.7. The van der Waals surface area contributed by atoms with Gasteiger partial charge in [0.2, 0.25) is 0 Å². The first kappa shape index (κ1) is 39.7. The minimum atomic E-state index is -1.60. The second-order valence-corrected chi connectivity index (χ2v) is 21.2. The molecule has 7 heteroatoms. The minimum absolute atomic E-state index is 0. The van der Waals surface area contributed by atoms with Gasteiger partial charge in [-0.2, -0.15) is 0 Å². The number of aromatic nitrogens is 2. The Bertz CT molecular complexity index is 2030. The molecule has 0 fully saturated rings. The Morgan fingerprint density at radius 2 is 1.54 bits per heavy atom. The van der Waals surface area contributed by atoms with Crippen LogP contribution in [0.15, 0.2) is 65.0 Å². The van der Waals surface area contributed by atoms with E-state index in [2.05, 4.69) is 101 Å². The molecule has 0 aliphatic heterocycles. The fourth-order valence-electron chi connectivity index (χ4n) is 8.11. The predicted molar refractivity (Wildman–Crippen MR) is 209 cm³/mol. The summed E-state index contributed by atoms with van der Waals surface area (Å²) in [5.74, 6) is 0.547. The molecule has 0 spiro atoms. The summed E-state index contributed by atoms with van der Waals surface area (Å²) in [6.07, 6.45) is 7.68. The molecule has 0 saturated carbocycles. The Labute approximate surface area is 313 Å². The zero-order valence-corrected chi connectivity index (χ0v) is 35.3. The summed E-state index contributed by atoms with van der Waals surface area (Å²) in [6, 6.07) is 19.0. The maximum Gasteiger partial charge on any atom is 0.162 e. The Morgan fingerprint density at radius 3 is 2.16 bits per heavy atom. The van der Waals surface area contributed by atoms with Crippen LogP contribution in [-0.2, 0) is 35.7 Å². The Balaban J connectivity index is 0.000000301. The summed E-state index contributed by atoms with van der Waals surface area (Å²) in [6.45, 7) is 24.6. The molecule has 0 atom stereocenters. The van der Waals surface area contributed by atoms with Crippen molar-refractivity contribution in [2.45, 2.75) is 118 Å². The third-order valence-corrected chi connectivity index (χ3v) is 12.7. The molecule has 5 aromatic rings. The van der Waals surface area contributed by atoms with Crippen molar-refractivity contribution < 1.29 is 34.4 Å². The number of aliphatic hydroxyl groups excluding tert-OH is 1. The Hall–Kier alpha value is -3.12. The van der Waals surface area contributed by atoms with Crippen LogP contribution in [0.4, 0.5) is 0 Å². The van der Waals surface area contributed by atoms with Gasteiger partial charge in [-0.1, -0.05) is 110 Å². The van der Waals surface area contributed by atoms with Crippen molar-refractivity contribution in [2.75, 3.05) is 0 Å². The zero-order chi connectivity index (χ0) is 35.9. The SMILES string of the molecule is CC1(C)CC(C)(C)c2c1ccc1c2oc2c(-c3[c-]c4ccccc4c([Si](C)(C)C)c3)ncnc21.CCC(CC)C(=O)/C=C(\O)C(CC)CC.[Ir]. The van der Waals surface area contributed by atoms with E-state index in [4.69, 9.17) is 9.40 Å². The Morgan fingerprint density at radius 1 is 0.900 bits per heavy atom. The van der Waals surface area contributed by atoms with Crippen LogP contribution in [0, 0.1) is 17.9 Å². The molecule has 2 aromatic heterocycles. The molecule has 1 radical (unpaired) electrons. The molecule has 0 saturated heterocycles. The van der Waals surface area contributed by atoms with Gasteiger partial charge >= 0.3 is 0 Å². The fourth-order valence-corrected chi connectivity index (χ4v) is 9.72. The molecule has 2 heterocycles. The number of carbonyl (C=O) groups is 1. The molecule has 0 unspecified atom stereocenters. The van der Waals surface area contributed by atoms with Gasteiger partial charge < -0.3 is 9.52 Å². The number of ketones is 1. The molecule has 5 nitrogen and oxygen atoms in total. The van der Waals surface area contributed by atoms with Gasteiger partial charge in [0.05, 0.1) is 19.5 Å². The summed E-state index contributed by atoms with van der Waals surface area (Å²) >= 11 is 0. The second kappa shape index (κ2) is 15.2. The van der Waals surface area contributed by atoms with Gasteiger partial charge in [0.25, 0.3) is 0 Å². The minimum Gasteiger partial charge on any atom is -0.512 e. The van der Waals surface area contributed by atoms with Crippen LogP contribution in [0.25, 0.3) is 44.1 Å². The molecule has 6 rings (SSSR count). The van der Waals surface area contributed by atoms with Gasteiger partial charge in [-0.3, -0.25) is 9.78 Å². The molecule has 1 aliphatic carbocycles. The molecule has 3 aromatic carbocycles. The van der Waals surface area contributed by atoms with E-state index in [1.807, 2.05) is 27.7 Å². The quantitative estimate of drug-likeness (QED) is 0.0691. The number of allylic oxidation sites excluding steroid dienone is 2. The molecule has 1 N–H and O–H groups in total. The monoisotopic (exact) mass is 868 g/mol. The van der Waals surface area contributed by atoms with Crippen LogP contribution in [0.1, 0.15) is 98.6 Å². The number of hydrogen-bond acceptors (Lipinski definition) is 5. The van der Waals surface area contributed by atoms with E-state index in [9.17, 15) is 9.90 Å². The average molecular weight is 868 g/mol. The van der Waals surface area contributed by atoms with Crippen molar-refractivity contribution in [3.8, 4) is 11.3 Å². The summed E-state index contributed by atoms with van der Waals surface area (Å²) in [5.41, 5.74) is 7.31. The number of hydrogen-bond donors (Lipinski definition) is 1. The van der Waals surface area contributed by atoms with Crippen molar-refractivity contribution in [3.05, 3.63) is 77.8 Å². The van der Waals surface area contributed by atoms with Crippen molar-refractivity contribution in [2.24, 2.45) is 11.8 Å². The van der Waals surface area contributed by atoms with Gasteiger partial charge in [-0.25, -0.2) is 4.98 Å². The molecule has 0 amide bonds. The summed E-state index contributed by atoms with van der Waals surface area (Å²) in [7, 11) is -1.60. The molecule has 1 aliphatic rings. The van der Waals surface area contributed by atoms with Crippen LogP contribution in [0.2, 0.25) is 19.6 Å². The van der Waals surface area contributed by atoms with Crippen molar-refractivity contribution in [1.82, 2.24) is 9.97 Å². The average Bonchev–Trinajstić information content (AvgIpc) is 3.51. The number of rotatable bonds is 9. The van der Waals surface area contributed by atoms with Gasteiger partial charge in [-0.05, 0) is 54.6 Å². The zero-order valence-electron chi connectivity index (χ0n) is 31.9. The number of nitrogens with zero attached hydrogens (tertiary/aromatic N) is 2. The van der Waals surface area contributed by atoms with Crippen LogP contribution < -0.4 is 5.19 Å². The third kappa shape index (κ3) is 7.56. The first-order valence-corrected chi connectivity index (χ1v) is 21.7. The van der Waals surface area contributed by atoms with E-state index >= 15 is 0 Å². The largest absolute Gasteiger partial charge is 0.512 e. The van der Waals surface area contributed by atoms with Gasteiger partial charge in [0, 0.05) is 49.0 Å². The van der Waals surface area contributed by atoms with Crippen LogP contribution in [-0.4, -0.2) is 28.9 Å². The smallest absolute Gasteiger partial charge is 0.162 e. The van der Waals surface area contributed by atoms with Gasteiger partial charge in [0.15, 0.2) is 5.78 Å². The number of carbonyl (C=O) groups excluding carboxylic acids is 1. The number of aliphatic hydroxyl groups is 1. The van der Waals surface area contributed by atoms with Crippen molar-refractivity contribution in [3.63, 3.8) is 0 Å². The molecule has 269 valence electrons. The first-order valence-electron chi connectivity index (χ1n) is 18.2. The first-order chi connectivity index (χ1) is 23.1. The van der Waals surface area contributed by atoms with E-state index in [0.717, 1.165) is 70.8 Å². The standard InChI is InChI=1S/C30H31N2OSi.C13H24O2.Ir/c1-29(2)16-30(3,4)24-22(29)13-12-21-26-28(33-27(21)24)25(31-17-32-26)19-14-18-10-8-9-11-20(18)23(15-19)34(5,6)7;1-5-10(6-2)12(14)9-13(15)11(7-3)8-4;/h8-13,15,17H,16H2,1-7H3;9-11,14H,5-8H2,1-4H3;/q-1;;/b;12-9-;. The topological polar surface area (TPSA) is 76.2 Å². The number of furan rings is 1. The van der Waals surface area contributed by atoms with Crippen molar-refractivity contribution >= 4 is 51.9 Å². The van der Waals surface area contributed by atoms with E-state index < -0.39 is 8.07 Å². The number of fused-ring (bicyclic) bond motifs is 6.